The Morgan fingerprint density at radius 2 is 1.76 bits per heavy atom. The van der Waals surface area contributed by atoms with Gasteiger partial charge >= 0.3 is 0 Å². The molecular formula is C26H21ClN2O4S. The predicted octanol–water partition coefficient (Wildman–Crippen LogP) is 4.97. The fourth-order valence-electron chi connectivity index (χ4n) is 3.66. The van der Waals surface area contributed by atoms with Crippen LogP contribution in [0.15, 0.2) is 71.5 Å². The van der Waals surface area contributed by atoms with Crippen molar-refractivity contribution in [3.05, 3.63) is 92.2 Å². The van der Waals surface area contributed by atoms with Crippen molar-refractivity contribution in [2.75, 3.05) is 19.8 Å². The smallest absolute Gasteiger partial charge is 0.274 e. The molecule has 0 aliphatic heterocycles. The van der Waals surface area contributed by atoms with E-state index in [1.807, 2.05) is 67.6 Å². The van der Waals surface area contributed by atoms with E-state index in [9.17, 15) is 4.79 Å². The van der Waals surface area contributed by atoms with E-state index >= 15 is 0 Å². The summed E-state index contributed by atoms with van der Waals surface area (Å²) in [6, 6.07) is 20.7. The Morgan fingerprint density at radius 1 is 1.00 bits per heavy atom. The molecule has 6 nitrogen and oxygen atoms in total. The molecule has 5 aromatic rings. The van der Waals surface area contributed by atoms with Crippen LogP contribution >= 0.6 is 22.9 Å². The number of fused-ring (bicyclic) bond motifs is 3. The quantitative estimate of drug-likeness (QED) is 0.286. The summed E-state index contributed by atoms with van der Waals surface area (Å²) in [5.74, 6) is 1.74. The minimum atomic E-state index is -0.110. The molecule has 0 N–H and O–H groups in total. The lowest BCUT2D eigenvalue weighted by atomic mass is 10.2. The molecule has 0 radical (unpaired) electrons. The molecule has 34 heavy (non-hydrogen) atoms. The number of aromatic nitrogens is 2. The molecule has 5 rings (SSSR count). The third kappa shape index (κ3) is 4.44. The van der Waals surface area contributed by atoms with Crippen LogP contribution in [0.25, 0.3) is 22.1 Å². The van der Waals surface area contributed by atoms with Gasteiger partial charge in [-0.15, -0.1) is 0 Å². The highest BCUT2D eigenvalue weighted by Gasteiger charge is 2.14. The first kappa shape index (κ1) is 22.3. The highest BCUT2D eigenvalue weighted by Crippen LogP contribution is 2.37. The molecule has 0 spiro atoms. The van der Waals surface area contributed by atoms with Gasteiger partial charge in [0.2, 0.25) is 0 Å². The maximum absolute atomic E-state index is 13.1. The van der Waals surface area contributed by atoms with Crippen molar-refractivity contribution in [1.29, 1.82) is 0 Å². The molecular weight excluding hydrogens is 472 g/mol. The highest BCUT2D eigenvalue weighted by molar-refractivity contribution is 7.15. The average molecular weight is 493 g/mol. The lowest BCUT2D eigenvalue weighted by Gasteiger charge is -2.15. The maximum atomic E-state index is 13.1. The Bertz CT molecular complexity index is 1560. The van der Waals surface area contributed by atoms with Crippen molar-refractivity contribution in [2.45, 2.75) is 6.92 Å². The summed E-state index contributed by atoms with van der Waals surface area (Å²) >= 11 is 7.89. The van der Waals surface area contributed by atoms with E-state index in [0.717, 1.165) is 22.3 Å². The van der Waals surface area contributed by atoms with Crippen molar-refractivity contribution in [2.24, 2.45) is 0 Å². The number of benzene rings is 3. The van der Waals surface area contributed by atoms with Crippen LogP contribution < -0.4 is 24.3 Å². The lowest BCUT2D eigenvalue weighted by molar-refractivity contribution is 0.208. The van der Waals surface area contributed by atoms with E-state index in [4.69, 9.17) is 25.8 Å². The van der Waals surface area contributed by atoms with E-state index in [0.29, 0.717) is 45.8 Å². The number of imidazole rings is 1. The van der Waals surface area contributed by atoms with Gasteiger partial charge in [-0.3, -0.25) is 4.79 Å². The van der Waals surface area contributed by atoms with E-state index in [1.165, 1.54) is 11.3 Å². The third-order valence-electron chi connectivity index (χ3n) is 5.12. The van der Waals surface area contributed by atoms with Crippen molar-refractivity contribution >= 4 is 45.0 Å². The van der Waals surface area contributed by atoms with Gasteiger partial charge in [0.15, 0.2) is 16.5 Å². The Labute approximate surface area is 204 Å². The maximum Gasteiger partial charge on any atom is 0.274 e. The van der Waals surface area contributed by atoms with E-state index in [1.54, 1.807) is 16.5 Å². The lowest BCUT2D eigenvalue weighted by Crippen LogP contribution is -2.22. The number of hydrogen-bond acceptors (Lipinski definition) is 6. The van der Waals surface area contributed by atoms with E-state index < -0.39 is 0 Å². The monoisotopic (exact) mass is 492 g/mol. The SMILES string of the molecule is CCOc1cc(/C=c2\sc3nc4ccccc4n3c2=O)cc(Cl)c1OCCOc1ccccc1. The molecule has 3 aromatic carbocycles. The summed E-state index contributed by atoms with van der Waals surface area (Å²) in [5, 5.41) is 0.399. The zero-order valence-electron chi connectivity index (χ0n) is 18.4. The Hall–Kier alpha value is -3.55. The molecule has 8 heteroatoms. The van der Waals surface area contributed by atoms with Crippen molar-refractivity contribution in [3.8, 4) is 17.2 Å². The highest BCUT2D eigenvalue weighted by atomic mass is 35.5. The first-order valence-electron chi connectivity index (χ1n) is 10.8. The summed E-state index contributed by atoms with van der Waals surface area (Å²) in [4.78, 5) is 18.3. The fourth-order valence-corrected chi connectivity index (χ4v) is 4.92. The topological polar surface area (TPSA) is 62.1 Å². The zero-order chi connectivity index (χ0) is 23.5. The van der Waals surface area contributed by atoms with Crippen molar-refractivity contribution in [1.82, 2.24) is 9.38 Å². The summed E-state index contributed by atoms with van der Waals surface area (Å²) < 4.78 is 19.6. The molecule has 0 aliphatic carbocycles. The van der Waals surface area contributed by atoms with E-state index in [-0.39, 0.29) is 5.56 Å². The molecule has 2 aromatic heterocycles. The average Bonchev–Trinajstić information content (AvgIpc) is 3.35. The number of halogens is 1. The van der Waals surface area contributed by atoms with Gasteiger partial charge in [-0.2, -0.15) is 0 Å². The van der Waals surface area contributed by atoms with E-state index in [2.05, 4.69) is 4.98 Å². The summed E-state index contributed by atoms with van der Waals surface area (Å²) in [7, 11) is 0. The molecule has 0 atom stereocenters. The molecule has 0 saturated heterocycles. The number of ether oxygens (including phenoxy) is 3. The van der Waals surface area contributed by atoms with Gasteiger partial charge in [-0.25, -0.2) is 9.38 Å². The molecule has 0 unspecified atom stereocenters. The Kier molecular flexibility index (Phi) is 6.38. The van der Waals surface area contributed by atoms with Gasteiger partial charge in [0, 0.05) is 0 Å². The summed E-state index contributed by atoms with van der Waals surface area (Å²) in [6.45, 7) is 3.00. The van der Waals surface area contributed by atoms with Gasteiger partial charge in [0.25, 0.3) is 5.56 Å². The van der Waals surface area contributed by atoms with Crippen LogP contribution in [0, 0.1) is 0 Å². The van der Waals surface area contributed by atoms with Crippen LogP contribution in [0.3, 0.4) is 0 Å². The van der Waals surface area contributed by atoms with Crippen LogP contribution in [-0.2, 0) is 0 Å². The minimum Gasteiger partial charge on any atom is -0.490 e. The number of para-hydroxylation sites is 3. The van der Waals surface area contributed by atoms with Gasteiger partial charge in [-0.1, -0.05) is 53.3 Å². The number of nitrogens with zero attached hydrogens (tertiary/aromatic N) is 2. The van der Waals surface area contributed by atoms with Crippen LogP contribution in [-0.4, -0.2) is 29.2 Å². The second-order valence-corrected chi connectivity index (χ2v) is 8.82. The standard InChI is InChI=1S/C26H21ClN2O4S/c1-2-31-22-15-17(14-19(27)24(22)33-13-12-32-18-8-4-3-5-9-18)16-23-25(30)29-21-11-7-6-10-20(21)28-26(29)34-23/h3-11,14-16H,2,12-13H2,1H3/b23-16-. The largest absolute Gasteiger partial charge is 0.490 e. The second-order valence-electron chi connectivity index (χ2n) is 7.41. The molecule has 2 heterocycles. The third-order valence-corrected chi connectivity index (χ3v) is 6.37. The van der Waals surface area contributed by atoms with Gasteiger partial charge in [0.05, 0.1) is 27.2 Å². The second kappa shape index (κ2) is 9.75. The van der Waals surface area contributed by atoms with Gasteiger partial charge in [-0.05, 0) is 55.0 Å². The minimum absolute atomic E-state index is 0.110. The number of hydrogen-bond donors (Lipinski definition) is 0. The first-order valence-corrected chi connectivity index (χ1v) is 12.0. The Morgan fingerprint density at radius 3 is 2.59 bits per heavy atom. The number of thiazole rings is 1. The molecule has 0 amide bonds. The molecule has 172 valence electrons. The number of rotatable bonds is 8. The van der Waals surface area contributed by atoms with Crippen LogP contribution in [0.4, 0.5) is 0 Å². The first-order chi connectivity index (χ1) is 16.6. The van der Waals surface area contributed by atoms with Crippen LogP contribution in [0.5, 0.6) is 17.2 Å². The molecule has 0 fully saturated rings. The van der Waals surface area contributed by atoms with Crippen LogP contribution in [0.1, 0.15) is 12.5 Å². The summed E-state index contributed by atoms with van der Waals surface area (Å²) in [6.07, 6.45) is 1.80. The fraction of sp³-hybridized carbons (Fsp3) is 0.154. The zero-order valence-corrected chi connectivity index (χ0v) is 19.9. The Balaban J connectivity index is 1.42. The normalized spacial score (nSPS) is 11.9. The van der Waals surface area contributed by atoms with Crippen LogP contribution in [0.2, 0.25) is 5.02 Å². The molecule has 0 aliphatic rings. The predicted molar refractivity (Wildman–Crippen MR) is 136 cm³/mol. The van der Waals surface area contributed by atoms with Gasteiger partial charge in [0.1, 0.15) is 19.0 Å². The molecule has 0 saturated carbocycles. The molecule has 0 bridgehead atoms. The van der Waals surface area contributed by atoms with Crippen molar-refractivity contribution in [3.63, 3.8) is 0 Å². The van der Waals surface area contributed by atoms with Crippen molar-refractivity contribution < 1.29 is 14.2 Å². The van der Waals surface area contributed by atoms with Gasteiger partial charge < -0.3 is 14.2 Å². The summed E-state index contributed by atoms with van der Waals surface area (Å²) in [5.41, 5.74) is 2.23.